The molecule has 2 amide bonds. The number of alkyl halides is 3. The first kappa shape index (κ1) is 27.7. The summed E-state index contributed by atoms with van der Waals surface area (Å²) in [6, 6.07) is 11.6. The van der Waals surface area contributed by atoms with E-state index in [0.29, 0.717) is 56.5 Å². The molecule has 212 valence electrons. The Kier molecular flexibility index (Phi) is 8.02. The van der Waals surface area contributed by atoms with Gasteiger partial charge in [-0.15, -0.1) is 0 Å². The van der Waals surface area contributed by atoms with Crippen molar-refractivity contribution in [1.29, 1.82) is 0 Å². The Balaban J connectivity index is 1.41. The molecule has 3 aliphatic rings. The molecule has 2 aromatic rings. The number of hydrogen-bond donors (Lipinski definition) is 2. The van der Waals surface area contributed by atoms with E-state index in [2.05, 4.69) is 23.8 Å². The molecule has 0 atom stereocenters. The third kappa shape index (κ3) is 6.00. The fourth-order valence-electron chi connectivity index (χ4n) is 6.06. The number of rotatable bonds is 8. The molecule has 3 fully saturated rings. The van der Waals surface area contributed by atoms with Crippen LogP contribution in [-0.4, -0.2) is 78.9 Å². The number of pyridine rings is 1. The minimum absolute atomic E-state index is 0.0130. The van der Waals surface area contributed by atoms with Gasteiger partial charge in [0.15, 0.2) is 0 Å². The fourth-order valence-corrected chi connectivity index (χ4v) is 6.06. The van der Waals surface area contributed by atoms with Crippen molar-refractivity contribution in [3.63, 3.8) is 0 Å². The van der Waals surface area contributed by atoms with Crippen molar-refractivity contribution >= 4 is 11.8 Å². The van der Waals surface area contributed by atoms with Crippen LogP contribution in [0.1, 0.15) is 48.9 Å². The molecule has 39 heavy (non-hydrogen) atoms. The zero-order chi connectivity index (χ0) is 27.6. The van der Waals surface area contributed by atoms with Crippen molar-refractivity contribution < 1.29 is 22.7 Å². The summed E-state index contributed by atoms with van der Waals surface area (Å²) in [5.74, 6) is 1.67. The smallest absolute Gasteiger partial charge is 0.390 e. The van der Waals surface area contributed by atoms with Crippen molar-refractivity contribution in [3.05, 3.63) is 53.2 Å². The summed E-state index contributed by atoms with van der Waals surface area (Å²) in [7, 11) is 1.61. The number of aromatic nitrogens is 1. The zero-order valence-corrected chi connectivity index (χ0v) is 22.6. The maximum absolute atomic E-state index is 14.0. The van der Waals surface area contributed by atoms with E-state index in [1.54, 1.807) is 12.0 Å². The van der Waals surface area contributed by atoms with E-state index < -0.39 is 18.1 Å². The highest BCUT2D eigenvalue weighted by Crippen LogP contribution is 2.40. The van der Waals surface area contributed by atoms with Crippen LogP contribution in [0.4, 0.5) is 23.8 Å². The summed E-state index contributed by atoms with van der Waals surface area (Å²) >= 11 is 0. The number of nitrogens with one attached hydrogen (secondary N) is 2. The Hall–Kier alpha value is -2.89. The minimum Gasteiger partial charge on any atom is -0.497 e. The van der Waals surface area contributed by atoms with E-state index in [0.717, 1.165) is 30.8 Å². The second kappa shape index (κ2) is 11.3. The quantitative estimate of drug-likeness (QED) is 0.520. The van der Waals surface area contributed by atoms with E-state index in [9.17, 15) is 18.0 Å². The van der Waals surface area contributed by atoms with Crippen molar-refractivity contribution in [2.45, 2.75) is 56.8 Å². The number of methoxy groups -OCH3 is 1. The molecule has 0 bridgehead atoms. The van der Waals surface area contributed by atoms with Gasteiger partial charge in [0.05, 0.1) is 25.6 Å². The number of ether oxygens (including phenoxy) is 1. The molecular weight excluding hydrogens is 509 g/mol. The number of carbonyl (C=O) groups is 1. The number of hydrazine groups is 1. The number of amides is 2. The van der Waals surface area contributed by atoms with Gasteiger partial charge >= 0.3 is 12.2 Å². The van der Waals surface area contributed by atoms with E-state index in [1.807, 2.05) is 40.1 Å². The number of urea groups is 1. The van der Waals surface area contributed by atoms with Crippen molar-refractivity contribution in [2.24, 2.45) is 0 Å². The number of likely N-dealkylation sites (tertiary alicyclic amines) is 1. The van der Waals surface area contributed by atoms with Crippen LogP contribution in [0.2, 0.25) is 0 Å². The maximum Gasteiger partial charge on any atom is 0.390 e. The van der Waals surface area contributed by atoms with Crippen LogP contribution < -0.4 is 20.5 Å². The van der Waals surface area contributed by atoms with Crippen LogP contribution in [0, 0.1) is 0 Å². The molecule has 0 aliphatic carbocycles. The van der Waals surface area contributed by atoms with E-state index in [-0.39, 0.29) is 12.6 Å². The molecule has 1 spiro atoms. The van der Waals surface area contributed by atoms with E-state index >= 15 is 0 Å². The van der Waals surface area contributed by atoms with Gasteiger partial charge in [-0.25, -0.2) is 9.78 Å². The highest BCUT2D eigenvalue weighted by atomic mass is 19.4. The third-order valence-corrected chi connectivity index (χ3v) is 8.33. The number of halogens is 3. The van der Waals surface area contributed by atoms with Gasteiger partial charge in [-0.2, -0.15) is 13.2 Å². The summed E-state index contributed by atoms with van der Waals surface area (Å²) in [6.07, 6.45) is -3.02. The molecule has 4 heterocycles. The van der Waals surface area contributed by atoms with Gasteiger partial charge in [0, 0.05) is 50.9 Å². The van der Waals surface area contributed by atoms with E-state index in [4.69, 9.17) is 9.72 Å². The van der Waals surface area contributed by atoms with Gasteiger partial charge < -0.3 is 14.5 Å². The second-order valence-corrected chi connectivity index (χ2v) is 10.8. The molecule has 1 aromatic heterocycles. The van der Waals surface area contributed by atoms with Gasteiger partial charge in [-0.05, 0) is 48.6 Å². The number of piperidine rings is 1. The average Bonchev–Trinajstić information content (AvgIpc) is 3.56. The Labute approximate surface area is 227 Å². The predicted molar refractivity (Wildman–Crippen MR) is 143 cm³/mol. The molecule has 0 radical (unpaired) electrons. The number of carbonyl (C=O) groups excluding carboxylic acids is 1. The van der Waals surface area contributed by atoms with Crippen LogP contribution in [0.25, 0.3) is 0 Å². The van der Waals surface area contributed by atoms with Crippen molar-refractivity contribution in [1.82, 2.24) is 25.6 Å². The molecule has 11 heteroatoms. The topological polar surface area (TPSA) is 73.0 Å². The Morgan fingerprint density at radius 3 is 2.54 bits per heavy atom. The monoisotopic (exact) mass is 546 g/mol. The SMILES string of the molecule is CCc1nc(N2CC3(CCN(CCC(F)(F)F)CC3)N(Cc3cccc(OC)c3)C2=O)ccc1C1CNNC1. The van der Waals surface area contributed by atoms with E-state index in [1.165, 1.54) is 5.56 Å². The standard InChI is InChI=1S/C28H37F3N6O2/c1-3-24-23(21-16-32-33-17-21)7-8-25(34-24)36-19-27(9-12-35(13-10-27)14-11-28(29,30)31)37(26(36)38)18-20-5-4-6-22(15-20)39-2/h4-8,15,21,32-33H,3,9-14,16-19H2,1-2H3. The lowest BCUT2D eigenvalue weighted by Crippen LogP contribution is -2.54. The minimum atomic E-state index is -4.17. The number of benzene rings is 1. The Bertz CT molecular complexity index is 1160. The van der Waals surface area contributed by atoms with Gasteiger partial charge in [0.2, 0.25) is 0 Å². The van der Waals surface area contributed by atoms with Crippen LogP contribution in [0.3, 0.4) is 0 Å². The first-order chi connectivity index (χ1) is 18.7. The molecule has 2 N–H and O–H groups in total. The van der Waals surface area contributed by atoms with Crippen LogP contribution >= 0.6 is 0 Å². The first-order valence-electron chi connectivity index (χ1n) is 13.7. The molecule has 0 unspecified atom stereocenters. The van der Waals surface area contributed by atoms with Crippen molar-refractivity contribution in [3.8, 4) is 5.75 Å². The largest absolute Gasteiger partial charge is 0.497 e. The second-order valence-electron chi connectivity index (χ2n) is 10.8. The average molecular weight is 547 g/mol. The molecule has 5 rings (SSSR count). The lowest BCUT2D eigenvalue weighted by atomic mass is 9.86. The van der Waals surface area contributed by atoms with Gasteiger partial charge in [-0.1, -0.05) is 25.1 Å². The first-order valence-corrected chi connectivity index (χ1v) is 13.7. The van der Waals surface area contributed by atoms with Crippen LogP contribution in [0.5, 0.6) is 5.75 Å². The molecule has 8 nitrogen and oxygen atoms in total. The highest BCUT2D eigenvalue weighted by molar-refractivity contribution is 5.94. The summed E-state index contributed by atoms with van der Waals surface area (Å²) < 4.78 is 43.9. The molecular formula is C28H37F3N6O2. The van der Waals surface area contributed by atoms with Gasteiger partial charge in [0.1, 0.15) is 11.6 Å². The number of nitrogens with zero attached hydrogens (tertiary/aromatic N) is 4. The lowest BCUT2D eigenvalue weighted by molar-refractivity contribution is -0.139. The van der Waals surface area contributed by atoms with Crippen LogP contribution in [-0.2, 0) is 13.0 Å². The normalized spacial score (nSPS) is 20.4. The predicted octanol–water partition coefficient (Wildman–Crippen LogP) is 4.07. The van der Waals surface area contributed by atoms with Crippen LogP contribution in [0.15, 0.2) is 36.4 Å². The summed E-state index contributed by atoms with van der Waals surface area (Å²) in [5, 5.41) is 0. The third-order valence-electron chi connectivity index (χ3n) is 8.33. The van der Waals surface area contributed by atoms with Crippen molar-refractivity contribution in [2.75, 3.05) is 51.3 Å². The summed E-state index contributed by atoms with van der Waals surface area (Å²) in [6.45, 7) is 5.61. The lowest BCUT2D eigenvalue weighted by Gasteiger charge is -2.44. The number of hydrogen-bond acceptors (Lipinski definition) is 6. The number of anilines is 1. The number of aryl methyl sites for hydroxylation is 1. The van der Waals surface area contributed by atoms with Gasteiger partial charge in [-0.3, -0.25) is 15.8 Å². The maximum atomic E-state index is 14.0. The summed E-state index contributed by atoms with van der Waals surface area (Å²) in [5.41, 5.74) is 8.97. The molecule has 1 aromatic carbocycles. The van der Waals surface area contributed by atoms with Gasteiger partial charge in [0.25, 0.3) is 0 Å². The fraction of sp³-hybridized carbons (Fsp3) is 0.571. The zero-order valence-electron chi connectivity index (χ0n) is 22.6. The molecule has 3 saturated heterocycles. The molecule has 3 aliphatic heterocycles. The Morgan fingerprint density at radius 1 is 1.13 bits per heavy atom. The highest BCUT2D eigenvalue weighted by Gasteiger charge is 2.51. The Morgan fingerprint density at radius 2 is 1.87 bits per heavy atom. The molecule has 0 saturated carbocycles. The summed E-state index contributed by atoms with van der Waals surface area (Å²) in [4.78, 5) is 24.5.